The lowest BCUT2D eigenvalue weighted by molar-refractivity contribution is 0.169. The highest BCUT2D eigenvalue weighted by Crippen LogP contribution is 2.27. The van der Waals surface area contributed by atoms with Gasteiger partial charge in [-0.25, -0.2) is 4.98 Å². The van der Waals surface area contributed by atoms with Gasteiger partial charge in [-0.1, -0.05) is 6.92 Å². The monoisotopic (exact) mass is 267 g/mol. The van der Waals surface area contributed by atoms with E-state index in [0.717, 1.165) is 13.1 Å². The Hall–Kier alpha value is -0.450. The molecule has 0 bridgehead atoms. The van der Waals surface area contributed by atoms with Crippen molar-refractivity contribution in [1.82, 2.24) is 15.2 Å². The van der Waals surface area contributed by atoms with Crippen molar-refractivity contribution in [2.24, 2.45) is 0 Å². The van der Waals surface area contributed by atoms with E-state index in [1.54, 1.807) is 0 Å². The second-order valence-corrected chi connectivity index (χ2v) is 6.92. The SMILES string of the molecule is CCC1(C)CN(C(C)c2ncc(C)s2)CCCN1. The van der Waals surface area contributed by atoms with Crippen LogP contribution in [0.1, 0.15) is 49.5 Å². The molecule has 2 atom stereocenters. The van der Waals surface area contributed by atoms with E-state index in [4.69, 9.17) is 0 Å². The van der Waals surface area contributed by atoms with E-state index in [-0.39, 0.29) is 5.54 Å². The van der Waals surface area contributed by atoms with Crippen molar-refractivity contribution in [2.75, 3.05) is 19.6 Å². The average molecular weight is 267 g/mol. The highest BCUT2D eigenvalue weighted by molar-refractivity contribution is 7.11. The van der Waals surface area contributed by atoms with E-state index in [0.29, 0.717) is 6.04 Å². The number of nitrogens with zero attached hydrogens (tertiary/aromatic N) is 2. The van der Waals surface area contributed by atoms with Crippen LogP contribution in [0.4, 0.5) is 0 Å². The van der Waals surface area contributed by atoms with Gasteiger partial charge in [-0.15, -0.1) is 11.3 Å². The molecule has 1 N–H and O–H groups in total. The molecule has 1 aromatic heterocycles. The predicted molar refractivity (Wildman–Crippen MR) is 78.2 cm³/mol. The minimum Gasteiger partial charge on any atom is -0.310 e. The summed E-state index contributed by atoms with van der Waals surface area (Å²) < 4.78 is 0. The van der Waals surface area contributed by atoms with E-state index < -0.39 is 0 Å². The maximum atomic E-state index is 4.55. The third-order valence-electron chi connectivity index (χ3n) is 4.05. The van der Waals surface area contributed by atoms with Crippen LogP contribution >= 0.6 is 11.3 Å². The van der Waals surface area contributed by atoms with Gasteiger partial charge in [0.2, 0.25) is 0 Å². The normalized spacial score (nSPS) is 28.0. The van der Waals surface area contributed by atoms with E-state index >= 15 is 0 Å². The van der Waals surface area contributed by atoms with Gasteiger partial charge in [0, 0.05) is 29.7 Å². The van der Waals surface area contributed by atoms with Crippen molar-refractivity contribution < 1.29 is 0 Å². The summed E-state index contributed by atoms with van der Waals surface area (Å²) in [6, 6.07) is 0.439. The van der Waals surface area contributed by atoms with Crippen LogP contribution in [0.25, 0.3) is 0 Å². The number of thiazole rings is 1. The van der Waals surface area contributed by atoms with Crippen molar-refractivity contribution in [1.29, 1.82) is 0 Å². The molecule has 2 unspecified atom stereocenters. The number of hydrogen-bond acceptors (Lipinski definition) is 4. The van der Waals surface area contributed by atoms with Gasteiger partial charge in [0.15, 0.2) is 0 Å². The van der Waals surface area contributed by atoms with Crippen molar-refractivity contribution in [3.8, 4) is 0 Å². The Kier molecular flexibility index (Phi) is 4.41. The molecule has 102 valence electrons. The molecule has 2 rings (SSSR count). The van der Waals surface area contributed by atoms with Gasteiger partial charge < -0.3 is 5.32 Å². The fourth-order valence-electron chi connectivity index (χ4n) is 2.54. The van der Waals surface area contributed by atoms with Crippen LogP contribution in [-0.2, 0) is 0 Å². The Balaban J connectivity index is 2.11. The van der Waals surface area contributed by atoms with Crippen molar-refractivity contribution >= 4 is 11.3 Å². The zero-order valence-corrected chi connectivity index (χ0v) is 12.8. The molecule has 0 saturated carbocycles. The van der Waals surface area contributed by atoms with Crippen LogP contribution in [-0.4, -0.2) is 35.1 Å². The molecule has 4 heteroatoms. The first-order chi connectivity index (χ1) is 8.54. The quantitative estimate of drug-likeness (QED) is 0.912. The summed E-state index contributed by atoms with van der Waals surface area (Å²) in [6.45, 7) is 12.4. The van der Waals surface area contributed by atoms with Gasteiger partial charge >= 0.3 is 0 Å². The van der Waals surface area contributed by atoms with E-state index in [1.165, 1.54) is 29.3 Å². The lowest BCUT2D eigenvalue weighted by Crippen LogP contribution is -2.48. The van der Waals surface area contributed by atoms with Crippen LogP contribution in [0.15, 0.2) is 6.20 Å². The van der Waals surface area contributed by atoms with Gasteiger partial charge in [-0.05, 0) is 40.2 Å². The van der Waals surface area contributed by atoms with Crippen molar-refractivity contribution in [3.05, 3.63) is 16.1 Å². The van der Waals surface area contributed by atoms with E-state index in [2.05, 4.69) is 42.9 Å². The first kappa shape index (κ1) is 14.0. The van der Waals surface area contributed by atoms with Crippen LogP contribution in [0.2, 0.25) is 0 Å². The first-order valence-corrected chi connectivity index (χ1v) is 7.77. The summed E-state index contributed by atoms with van der Waals surface area (Å²) in [5.41, 5.74) is 0.247. The summed E-state index contributed by atoms with van der Waals surface area (Å²) >= 11 is 1.83. The summed E-state index contributed by atoms with van der Waals surface area (Å²) in [5, 5.41) is 4.95. The molecule has 1 aliphatic heterocycles. The zero-order chi connectivity index (χ0) is 13.2. The minimum atomic E-state index is 0.247. The highest BCUT2D eigenvalue weighted by atomic mass is 32.1. The maximum absolute atomic E-state index is 4.55. The molecule has 18 heavy (non-hydrogen) atoms. The van der Waals surface area contributed by atoms with Crippen LogP contribution in [0, 0.1) is 6.92 Å². The molecule has 1 aromatic rings. The third-order valence-corrected chi connectivity index (χ3v) is 5.13. The van der Waals surface area contributed by atoms with Gasteiger partial charge in [0.05, 0.1) is 6.04 Å². The van der Waals surface area contributed by atoms with E-state index in [9.17, 15) is 0 Å². The zero-order valence-electron chi connectivity index (χ0n) is 12.0. The molecular weight excluding hydrogens is 242 g/mol. The molecule has 0 radical (unpaired) electrons. The van der Waals surface area contributed by atoms with Crippen LogP contribution < -0.4 is 5.32 Å². The Bertz CT molecular complexity index is 390. The summed E-state index contributed by atoms with van der Waals surface area (Å²) in [5.74, 6) is 0. The van der Waals surface area contributed by atoms with Crippen molar-refractivity contribution in [2.45, 2.75) is 52.1 Å². The number of hydrogen-bond donors (Lipinski definition) is 1. The first-order valence-electron chi connectivity index (χ1n) is 6.95. The molecule has 1 fully saturated rings. The number of nitrogens with one attached hydrogen (secondary N) is 1. The molecule has 1 aliphatic rings. The van der Waals surface area contributed by atoms with Gasteiger partial charge in [-0.2, -0.15) is 0 Å². The number of rotatable bonds is 3. The number of aryl methyl sites for hydroxylation is 1. The maximum Gasteiger partial charge on any atom is 0.110 e. The third kappa shape index (κ3) is 3.11. The second kappa shape index (κ2) is 5.68. The molecule has 2 heterocycles. The lowest BCUT2D eigenvalue weighted by atomic mass is 9.98. The average Bonchev–Trinajstić information content (AvgIpc) is 2.68. The van der Waals surface area contributed by atoms with Gasteiger partial charge in [0.25, 0.3) is 0 Å². The molecule has 0 amide bonds. The van der Waals surface area contributed by atoms with E-state index in [1.807, 2.05) is 17.5 Å². The topological polar surface area (TPSA) is 28.2 Å². The Morgan fingerprint density at radius 2 is 2.39 bits per heavy atom. The molecule has 3 nitrogen and oxygen atoms in total. The number of aromatic nitrogens is 1. The molecule has 1 saturated heterocycles. The van der Waals surface area contributed by atoms with Gasteiger partial charge in [0.1, 0.15) is 5.01 Å². The summed E-state index contributed by atoms with van der Waals surface area (Å²) in [6.07, 6.45) is 4.39. The summed E-state index contributed by atoms with van der Waals surface area (Å²) in [7, 11) is 0. The standard InChI is InChI=1S/C14H25N3S/c1-5-14(4)10-17(8-6-7-16-14)12(3)13-15-9-11(2)18-13/h9,12,16H,5-8,10H2,1-4H3. The smallest absolute Gasteiger partial charge is 0.110 e. The fourth-order valence-corrected chi connectivity index (χ4v) is 3.40. The Morgan fingerprint density at radius 3 is 3.00 bits per heavy atom. The van der Waals surface area contributed by atoms with Crippen LogP contribution in [0.3, 0.4) is 0 Å². The lowest BCUT2D eigenvalue weighted by Gasteiger charge is -2.35. The highest BCUT2D eigenvalue weighted by Gasteiger charge is 2.30. The molecule has 0 aromatic carbocycles. The summed E-state index contributed by atoms with van der Waals surface area (Å²) in [4.78, 5) is 8.45. The Labute approximate surface area is 115 Å². The van der Waals surface area contributed by atoms with Gasteiger partial charge in [-0.3, -0.25) is 4.90 Å². The second-order valence-electron chi connectivity index (χ2n) is 5.65. The minimum absolute atomic E-state index is 0.247. The molecular formula is C14H25N3S. The molecule has 0 aliphatic carbocycles. The predicted octanol–water partition coefficient (Wildman–Crippen LogP) is 2.98. The van der Waals surface area contributed by atoms with Crippen molar-refractivity contribution in [3.63, 3.8) is 0 Å². The Morgan fingerprint density at radius 1 is 1.61 bits per heavy atom. The largest absolute Gasteiger partial charge is 0.310 e. The van der Waals surface area contributed by atoms with Crippen LogP contribution in [0.5, 0.6) is 0 Å². The fraction of sp³-hybridized carbons (Fsp3) is 0.786. The molecule has 0 spiro atoms.